The Kier molecular flexibility index (Phi) is 5.79. The number of rotatable bonds is 7. The summed E-state index contributed by atoms with van der Waals surface area (Å²) < 4.78 is 5.53. The maximum atomic E-state index is 8.95. The number of aliphatic hydroxyl groups excluding tert-OH is 1. The molecule has 7 heteroatoms. The van der Waals surface area contributed by atoms with Gasteiger partial charge < -0.3 is 9.84 Å². The topological polar surface area (TPSA) is 54.2 Å². The van der Waals surface area contributed by atoms with Crippen molar-refractivity contribution in [3.05, 3.63) is 68.8 Å². The molecule has 0 saturated carbocycles. The largest absolute Gasteiger partial charge is 0.394 e. The first-order valence-electron chi connectivity index (χ1n) is 7.44. The van der Waals surface area contributed by atoms with E-state index in [9.17, 15) is 0 Å². The molecule has 0 bridgehead atoms. The quantitative estimate of drug-likeness (QED) is 0.749. The molecule has 24 heavy (non-hydrogen) atoms. The first-order chi connectivity index (χ1) is 11.6. The fourth-order valence-corrected chi connectivity index (χ4v) is 3.76. The molecule has 1 atom stereocenters. The second-order valence-corrected chi connectivity index (χ2v) is 7.26. The normalized spacial score (nSPS) is 18.8. The van der Waals surface area contributed by atoms with Gasteiger partial charge in [-0.3, -0.25) is 0 Å². The molecule has 0 spiro atoms. The second-order valence-electron chi connectivity index (χ2n) is 5.25. The molecule has 4 nitrogen and oxygen atoms in total. The van der Waals surface area contributed by atoms with E-state index in [1.807, 2.05) is 24.3 Å². The van der Waals surface area contributed by atoms with Crippen LogP contribution in [0.1, 0.15) is 5.56 Å². The van der Waals surface area contributed by atoms with Crippen LogP contribution >= 0.6 is 35.0 Å². The predicted octanol–water partition coefficient (Wildman–Crippen LogP) is 2.84. The zero-order valence-electron chi connectivity index (χ0n) is 12.8. The van der Waals surface area contributed by atoms with Gasteiger partial charge in [-0.2, -0.15) is 0 Å². The van der Waals surface area contributed by atoms with Gasteiger partial charge in [-0.05, 0) is 17.7 Å². The van der Waals surface area contributed by atoms with Crippen molar-refractivity contribution in [2.75, 3.05) is 19.8 Å². The van der Waals surface area contributed by atoms with E-state index in [0.717, 1.165) is 5.75 Å². The molecule has 0 radical (unpaired) electrons. The average Bonchev–Trinajstić information content (AvgIpc) is 2.98. The highest BCUT2D eigenvalue weighted by atomic mass is 35.5. The highest BCUT2D eigenvalue weighted by molar-refractivity contribution is 7.99. The number of halogens is 2. The van der Waals surface area contributed by atoms with E-state index < -0.39 is 4.99 Å². The van der Waals surface area contributed by atoms with Crippen molar-refractivity contribution in [1.82, 2.24) is 0 Å². The van der Waals surface area contributed by atoms with Crippen molar-refractivity contribution < 1.29 is 9.84 Å². The molecule has 1 unspecified atom stereocenters. The summed E-state index contributed by atoms with van der Waals surface area (Å²) in [5, 5.41) is 11.1. The number of hydrogen-bond acceptors (Lipinski definition) is 5. The summed E-state index contributed by atoms with van der Waals surface area (Å²) >= 11 is 13.9. The molecule has 126 valence electrons. The Morgan fingerprint density at radius 2 is 1.88 bits per heavy atom. The van der Waals surface area contributed by atoms with Crippen molar-refractivity contribution in [1.29, 1.82) is 0 Å². The lowest BCUT2D eigenvalue weighted by Gasteiger charge is -2.22. The Bertz CT molecular complexity index is 832. The minimum atomic E-state index is -0.818. The minimum absolute atomic E-state index is 0.0427. The highest BCUT2D eigenvalue weighted by Gasteiger charge is 2.33. The molecule has 0 aliphatic carbocycles. The maximum absolute atomic E-state index is 8.95. The fraction of sp³-hybridized carbons (Fsp3) is 0.294. The molecule has 1 aliphatic heterocycles. The summed E-state index contributed by atoms with van der Waals surface area (Å²) in [7, 11) is 0. The molecule has 0 aromatic heterocycles. The number of hydrogen-bond donors (Lipinski definition) is 1. The smallest absolute Gasteiger partial charge is 0.222 e. The van der Waals surface area contributed by atoms with Crippen molar-refractivity contribution in [3.8, 4) is 0 Å². The van der Waals surface area contributed by atoms with Gasteiger partial charge in [-0.1, -0.05) is 53.5 Å². The monoisotopic (exact) mass is 382 g/mol. The Balaban J connectivity index is 1.89. The maximum Gasteiger partial charge on any atom is 0.222 e. The van der Waals surface area contributed by atoms with Crippen LogP contribution in [0.3, 0.4) is 0 Å². The molecule has 1 N–H and O–H groups in total. The summed E-state index contributed by atoms with van der Waals surface area (Å²) in [5.74, 6) is 0.732. The van der Waals surface area contributed by atoms with Gasteiger partial charge in [0.2, 0.25) is 4.99 Å². The number of ether oxygens (including phenoxy) is 1. The van der Waals surface area contributed by atoms with Gasteiger partial charge >= 0.3 is 0 Å². The van der Waals surface area contributed by atoms with Crippen LogP contribution in [0.5, 0.6) is 0 Å². The second kappa shape index (κ2) is 7.85. The molecule has 2 aromatic rings. The van der Waals surface area contributed by atoms with E-state index >= 15 is 0 Å². The predicted molar refractivity (Wildman–Crippen MR) is 97.1 cm³/mol. The van der Waals surface area contributed by atoms with Gasteiger partial charge in [0.1, 0.15) is 12.0 Å². The van der Waals surface area contributed by atoms with Crippen LogP contribution < -0.4 is 10.7 Å². The van der Waals surface area contributed by atoms with E-state index in [-0.39, 0.29) is 19.8 Å². The van der Waals surface area contributed by atoms with E-state index in [2.05, 4.69) is 12.1 Å². The molecular formula is C17H16Cl2N2O2S. The van der Waals surface area contributed by atoms with E-state index in [1.54, 1.807) is 17.8 Å². The van der Waals surface area contributed by atoms with Crippen LogP contribution in [0, 0.1) is 0 Å². The third kappa shape index (κ3) is 3.92. The number of thioether (sulfide) groups is 1. The van der Waals surface area contributed by atoms with Gasteiger partial charge in [0.15, 0.2) is 0 Å². The highest BCUT2D eigenvalue weighted by Crippen LogP contribution is 2.33. The van der Waals surface area contributed by atoms with Crippen molar-refractivity contribution in [3.63, 3.8) is 0 Å². The average molecular weight is 383 g/mol. The zero-order chi connectivity index (χ0) is 17.0. The van der Waals surface area contributed by atoms with Gasteiger partial charge in [0.05, 0.1) is 28.6 Å². The molecule has 1 heterocycles. The lowest BCUT2D eigenvalue weighted by atomic mass is 10.2. The first kappa shape index (κ1) is 17.7. The van der Waals surface area contributed by atoms with Crippen molar-refractivity contribution in [2.24, 2.45) is 9.98 Å². The number of aliphatic hydroxyl groups is 1. The lowest BCUT2D eigenvalue weighted by Crippen LogP contribution is -2.27. The van der Waals surface area contributed by atoms with E-state index in [4.69, 9.17) is 43.0 Å². The summed E-state index contributed by atoms with van der Waals surface area (Å²) in [4.78, 5) is 8.60. The van der Waals surface area contributed by atoms with Crippen LogP contribution in [0.4, 0.5) is 0 Å². The Hall–Kier alpha value is -1.11. The first-order valence-corrected chi connectivity index (χ1v) is 9.18. The summed E-state index contributed by atoms with van der Waals surface area (Å²) in [6.07, 6.45) is 0. The summed E-state index contributed by atoms with van der Waals surface area (Å²) in [6.45, 7) is 0.455. The van der Waals surface area contributed by atoms with Crippen LogP contribution in [-0.2, 0) is 10.5 Å². The minimum Gasteiger partial charge on any atom is -0.394 e. The number of benzene rings is 2. The van der Waals surface area contributed by atoms with Crippen LogP contribution in [0.15, 0.2) is 52.4 Å². The van der Waals surface area contributed by atoms with Gasteiger partial charge in [-0.25, -0.2) is 9.98 Å². The third-order valence-electron chi connectivity index (χ3n) is 3.47. The van der Waals surface area contributed by atoms with Crippen LogP contribution in [0.2, 0.25) is 10.0 Å². The molecule has 1 aliphatic rings. The Labute approximate surface area is 154 Å². The van der Waals surface area contributed by atoms with Crippen molar-refractivity contribution >= 4 is 35.0 Å². The zero-order valence-corrected chi connectivity index (χ0v) is 15.1. The number of fused-ring (bicyclic) bond motifs is 1. The molecule has 3 rings (SSSR count). The van der Waals surface area contributed by atoms with Gasteiger partial charge in [-0.15, -0.1) is 11.8 Å². The van der Waals surface area contributed by atoms with Crippen molar-refractivity contribution in [2.45, 2.75) is 10.7 Å². The number of nitrogens with zero attached hydrogens (tertiary/aromatic N) is 2. The van der Waals surface area contributed by atoms with Gasteiger partial charge in [0, 0.05) is 5.75 Å². The molecular weight excluding hydrogens is 367 g/mol. The Morgan fingerprint density at radius 1 is 1.08 bits per heavy atom. The third-order valence-corrected chi connectivity index (χ3v) is 5.50. The SMILES string of the molecule is OCCOCC1(SCc2ccccc2)N=c2ccc(Cl)c(Cl)c2=N1. The summed E-state index contributed by atoms with van der Waals surface area (Å²) in [5.41, 5.74) is 1.18. The van der Waals surface area contributed by atoms with Gasteiger partial charge in [0.25, 0.3) is 0 Å². The molecule has 0 fully saturated rings. The fourth-order valence-electron chi connectivity index (χ4n) is 2.33. The molecule has 0 amide bonds. The van der Waals surface area contributed by atoms with E-state index in [0.29, 0.717) is 20.8 Å². The van der Waals surface area contributed by atoms with Crippen LogP contribution in [0.25, 0.3) is 0 Å². The van der Waals surface area contributed by atoms with Crippen LogP contribution in [-0.4, -0.2) is 29.9 Å². The van der Waals surface area contributed by atoms with E-state index in [1.165, 1.54) is 5.56 Å². The Morgan fingerprint density at radius 3 is 2.62 bits per heavy atom. The lowest BCUT2D eigenvalue weighted by molar-refractivity contribution is 0.0789. The molecule has 2 aromatic carbocycles. The standard InChI is InChI=1S/C17H16Cl2N2O2S/c18-13-6-7-14-16(15(13)19)21-17(20-14,11-23-9-8-22)24-10-12-4-2-1-3-5-12/h1-7,22H,8-11H2. The summed E-state index contributed by atoms with van der Waals surface area (Å²) in [6, 6.07) is 13.6. The molecule has 0 saturated heterocycles.